The normalized spacial score (nSPS) is 56.9. The summed E-state index contributed by atoms with van der Waals surface area (Å²) in [4.78, 5) is 0. The number of hydrogen-bond acceptors (Lipinski definition) is 4. The molecule has 0 aromatic rings. The zero-order valence-corrected chi connectivity index (χ0v) is 14.9. The lowest BCUT2D eigenvalue weighted by molar-refractivity contribution is 0.279. The van der Waals surface area contributed by atoms with Gasteiger partial charge in [0.15, 0.2) is 9.84 Å². The summed E-state index contributed by atoms with van der Waals surface area (Å²) in [5.74, 6) is 1.43. The first-order valence-electron chi connectivity index (χ1n) is 8.70. The first-order chi connectivity index (χ1) is 10.1. The molecule has 0 N–H and O–H groups in total. The van der Waals surface area contributed by atoms with E-state index < -0.39 is 9.84 Å². The van der Waals surface area contributed by atoms with Gasteiger partial charge >= 0.3 is 0 Å². The average molecular weight is 328 g/mol. The third kappa shape index (κ3) is 2.35. The Morgan fingerprint density at radius 2 is 1.50 bits per heavy atom. The molecule has 8 atom stereocenters. The van der Waals surface area contributed by atoms with Crippen molar-refractivity contribution in [3.8, 4) is 0 Å². The predicted octanol–water partition coefficient (Wildman–Crippen LogP) is 2.56. The Morgan fingerprint density at radius 3 is 2.05 bits per heavy atom. The summed E-state index contributed by atoms with van der Waals surface area (Å²) in [6.07, 6.45) is 3.98. The number of fused-ring (bicyclic) bond motifs is 2. The molecule has 0 aromatic heterocycles. The maximum atomic E-state index is 12.9. The molecule has 5 heteroatoms. The number of epoxide rings is 2. The molecule has 0 aromatic carbocycles. The minimum atomic E-state index is -3.05. The summed E-state index contributed by atoms with van der Waals surface area (Å²) < 4.78 is 37.5. The van der Waals surface area contributed by atoms with E-state index in [1.54, 1.807) is 0 Å². The zero-order valence-electron chi connectivity index (χ0n) is 14.0. The van der Waals surface area contributed by atoms with Crippen LogP contribution in [0.15, 0.2) is 0 Å². The van der Waals surface area contributed by atoms with E-state index in [2.05, 4.69) is 27.7 Å². The van der Waals surface area contributed by atoms with E-state index in [9.17, 15) is 8.42 Å². The third-order valence-corrected chi connectivity index (χ3v) is 8.87. The van der Waals surface area contributed by atoms with Crippen LogP contribution in [0.3, 0.4) is 0 Å². The Hall–Kier alpha value is -0.130. The standard InChI is InChI=1S/C17H28O4S/c1-10-5-12(7-16(3)14(10)20-16)9-22(18,19)13-6-11(2)15-17(4,8-13)21-15/h10-15H,5-9H2,1-4H3. The van der Waals surface area contributed by atoms with Crippen molar-refractivity contribution in [1.82, 2.24) is 0 Å². The molecule has 2 aliphatic carbocycles. The predicted molar refractivity (Wildman–Crippen MR) is 84.4 cm³/mol. The van der Waals surface area contributed by atoms with Gasteiger partial charge in [-0.05, 0) is 57.3 Å². The molecule has 4 fully saturated rings. The fourth-order valence-electron chi connectivity index (χ4n) is 5.52. The maximum Gasteiger partial charge on any atom is 0.153 e. The molecule has 8 unspecified atom stereocenters. The molecule has 4 rings (SSSR count). The Bertz CT molecular complexity index is 587. The molecule has 2 saturated heterocycles. The van der Waals surface area contributed by atoms with Gasteiger partial charge in [0, 0.05) is 0 Å². The summed E-state index contributed by atoms with van der Waals surface area (Å²) >= 11 is 0. The second kappa shape index (κ2) is 4.48. The van der Waals surface area contributed by atoms with Crippen LogP contribution in [0.4, 0.5) is 0 Å². The molecule has 0 bridgehead atoms. The Morgan fingerprint density at radius 1 is 0.955 bits per heavy atom. The van der Waals surface area contributed by atoms with Gasteiger partial charge in [-0.1, -0.05) is 13.8 Å². The van der Waals surface area contributed by atoms with Gasteiger partial charge in [-0.25, -0.2) is 8.42 Å². The second-order valence-electron chi connectivity index (χ2n) is 8.85. The molecule has 126 valence electrons. The summed E-state index contributed by atoms with van der Waals surface area (Å²) in [5.41, 5.74) is -0.222. The summed E-state index contributed by atoms with van der Waals surface area (Å²) in [5, 5.41) is -0.216. The van der Waals surface area contributed by atoms with Crippen molar-refractivity contribution in [3.05, 3.63) is 0 Å². The van der Waals surface area contributed by atoms with E-state index in [0.29, 0.717) is 30.1 Å². The number of ether oxygens (including phenoxy) is 2. The summed E-state index contributed by atoms with van der Waals surface area (Å²) in [6.45, 7) is 8.53. The summed E-state index contributed by atoms with van der Waals surface area (Å²) in [7, 11) is -3.05. The molecular weight excluding hydrogens is 300 g/mol. The minimum absolute atomic E-state index is 0.0472. The molecule has 22 heavy (non-hydrogen) atoms. The van der Waals surface area contributed by atoms with E-state index in [1.165, 1.54) is 0 Å². The largest absolute Gasteiger partial charge is 0.366 e. The number of rotatable bonds is 3. The number of hydrogen-bond donors (Lipinski definition) is 0. The Balaban J connectivity index is 1.45. The van der Waals surface area contributed by atoms with Crippen LogP contribution in [0.5, 0.6) is 0 Å². The van der Waals surface area contributed by atoms with Crippen molar-refractivity contribution in [2.45, 2.75) is 82.0 Å². The van der Waals surface area contributed by atoms with Crippen molar-refractivity contribution in [2.75, 3.05) is 5.75 Å². The van der Waals surface area contributed by atoms with Crippen LogP contribution in [-0.2, 0) is 19.3 Å². The van der Waals surface area contributed by atoms with Gasteiger partial charge in [-0.2, -0.15) is 0 Å². The fraction of sp³-hybridized carbons (Fsp3) is 1.00. The van der Waals surface area contributed by atoms with Crippen molar-refractivity contribution in [1.29, 1.82) is 0 Å². The SMILES string of the molecule is CC1CC(CS(=O)(=O)C2CC(C)C3OC3(C)C2)CC2(C)OC12. The monoisotopic (exact) mass is 328 g/mol. The van der Waals surface area contributed by atoms with Gasteiger partial charge in [-0.15, -0.1) is 0 Å². The quantitative estimate of drug-likeness (QED) is 0.747. The molecule has 2 aliphatic heterocycles. The highest BCUT2D eigenvalue weighted by molar-refractivity contribution is 7.92. The molecular formula is C17H28O4S. The highest BCUT2D eigenvalue weighted by Crippen LogP contribution is 2.54. The molecule has 2 saturated carbocycles. The highest BCUT2D eigenvalue weighted by Gasteiger charge is 2.62. The lowest BCUT2D eigenvalue weighted by Crippen LogP contribution is -2.40. The minimum Gasteiger partial charge on any atom is -0.366 e. The van der Waals surface area contributed by atoms with Gasteiger partial charge in [0.05, 0.1) is 34.4 Å². The fourth-order valence-corrected chi connectivity index (χ4v) is 7.89. The van der Waals surface area contributed by atoms with Crippen molar-refractivity contribution in [3.63, 3.8) is 0 Å². The molecule has 2 heterocycles. The molecule has 4 aliphatic rings. The van der Waals surface area contributed by atoms with E-state index in [4.69, 9.17) is 9.47 Å². The second-order valence-corrected chi connectivity index (χ2v) is 11.2. The lowest BCUT2D eigenvalue weighted by atomic mass is 9.77. The van der Waals surface area contributed by atoms with Crippen LogP contribution >= 0.6 is 0 Å². The third-order valence-electron chi connectivity index (χ3n) is 6.56. The van der Waals surface area contributed by atoms with Crippen molar-refractivity contribution >= 4 is 9.84 Å². The average Bonchev–Trinajstić information content (AvgIpc) is 3.23. The Kier molecular flexibility index (Phi) is 3.14. The smallest absolute Gasteiger partial charge is 0.153 e. The van der Waals surface area contributed by atoms with Gasteiger partial charge in [0.2, 0.25) is 0 Å². The van der Waals surface area contributed by atoms with Crippen molar-refractivity contribution < 1.29 is 17.9 Å². The van der Waals surface area contributed by atoms with Crippen molar-refractivity contribution in [2.24, 2.45) is 17.8 Å². The van der Waals surface area contributed by atoms with Crippen LogP contribution in [0.25, 0.3) is 0 Å². The summed E-state index contributed by atoms with van der Waals surface area (Å²) in [6, 6.07) is 0. The molecule has 0 radical (unpaired) electrons. The van der Waals surface area contributed by atoms with Gasteiger partial charge in [0.25, 0.3) is 0 Å². The van der Waals surface area contributed by atoms with E-state index in [0.717, 1.165) is 19.3 Å². The van der Waals surface area contributed by atoms with Crippen LogP contribution in [0, 0.1) is 17.8 Å². The molecule has 0 amide bonds. The van der Waals surface area contributed by atoms with Crippen LogP contribution in [0.1, 0.15) is 53.4 Å². The Labute approximate surface area is 133 Å². The van der Waals surface area contributed by atoms with Gasteiger partial charge in [-0.3, -0.25) is 0 Å². The van der Waals surface area contributed by atoms with E-state index >= 15 is 0 Å². The first kappa shape index (κ1) is 15.4. The lowest BCUT2D eigenvalue weighted by Gasteiger charge is -2.31. The van der Waals surface area contributed by atoms with Crippen LogP contribution < -0.4 is 0 Å². The zero-order chi connectivity index (χ0) is 15.9. The van der Waals surface area contributed by atoms with Gasteiger partial charge in [0.1, 0.15) is 0 Å². The highest BCUT2D eigenvalue weighted by atomic mass is 32.2. The number of sulfone groups is 1. The van der Waals surface area contributed by atoms with Gasteiger partial charge < -0.3 is 9.47 Å². The first-order valence-corrected chi connectivity index (χ1v) is 10.4. The van der Waals surface area contributed by atoms with Crippen LogP contribution in [-0.4, -0.2) is 42.8 Å². The maximum absolute atomic E-state index is 12.9. The van der Waals surface area contributed by atoms with E-state index in [1.807, 2.05) is 0 Å². The molecule has 0 spiro atoms. The topological polar surface area (TPSA) is 59.2 Å². The van der Waals surface area contributed by atoms with Crippen LogP contribution in [0.2, 0.25) is 0 Å². The molecule has 4 nitrogen and oxygen atoms in total. The van der Waals surface area contributed by atoms with E-state index in [-0.39, 0.29) is 28.5 Å².